The lowest BCUT2D eigenvalue weighted by Crippen LogP contribution is -2.52. The predicted molar refractivity (Wildman–Crippen MR) is 74.2 cm³/mol. The summed E-state index contributed by atoms with van der Waals surface area (Å²) in [6.45, 7) is 5.29. The second-order valence-electron chi connectivity index (χ2n) is 4.62. The van der Waals surface area contributed by atoms with Crippen molar-refractivity contribution in [2.45, 2.75) is 31.2 Å². The highest BCUT2D eigenvalue weighted by Gasteiger charge is 2.32. The number of nitrogens with two attached hydrogens (primary N) is 1. The maximum absolute atomic E-state index is 12.3. The second kappa shape index (κ2) is 5.58. The van der Waals surface area contributed by atoms with Crippen LogP contribution < -0.4 is 15.8 Å². The molecule has 0 bridgehead atoms. The van der Waals surface area contributed by atoms with Crippen molar-refractivity contribution >= 4 is 21.6 Å². The van der Waals surface area contributed by atoms with E-state index in [1.807, 2.05) is 6.92 Å². The van der Waals surface area contributed by atoms with Crippen LogP contribution in [-0.2, 0) is 14.8 Å². The smallest absolute Gasteiger partial charge is 0.243 e. The molecular weight excluding hydrogens is 266 g/mol. The molecule has 0 radical (unpaired) electrons. The number of rotatable bonds is 6. The molecule has 1 aromatic rings. The van der Waals surface area contributed by atoms with E-state index >= 15 is 0 Å². The van der Waals surface area contributed by atoms with Gasteiger partial charge in [-0.25, -0.2) is 8.42 Å². The van der Waals surface area contributed by atoms with Crippen molar-refractivity contribution in [3.63, 3.8) is 0 Å². The van der Waals surface area contributed by atoms with Gasteiger partial charge in [0.2, 0.25) is 15.9 Å². The molecule has 6 nitrogen and oxygen atoms in total. The van der Waals surface area contributed by atoms with Crippen molar-refractivity contribution in [3.8, 4) is 0 Å². The minimum Gasteiger partial charge on any atom is -0.384 e. The zero-order valence-corrected chi connectivity index (χ0v) is 12.0. The highest BCUT2D eigenvalue weighted by molar-refractivity contribution is 7.89. The van der Waals surface area contributed by atoms with Gasteiger partial charge in [0.15, 0.2) is 0 Å². The van der Waals surface area contributed by atoms with Gasteiger partial charge in [-0.05, 0) is 32.9 Å². The summed E-state index contributed by atoms with van der Waals surface area (Å²) >= 11 is 0. The van der Waals surface area contributed by atoms with Crippen molar-refractivity contribution in [2.24, 2.45) is 5.73 Å². The summed E-state index contributed by atoms with van der Waals surface area (Å²) in [5, 5.41) is 2.96. The van der Waals surface area contributed by atoms with Gasteiger partial charge in [-0.15, -0.1) is 0 Å². The van der Waals surface area contributed by atoms with Gasteiger partial charge < -0.3 is 11.1 Å². The molecule has 19 heavy (non-hydrogen) atoms. The summed E-state index contributed by atoms with van der Waals surface area (Å²) in [4.78, 5) is 11.3. The fourth-order valence-corrected chi connectivity index (χ4v) is 3.05. The first-order valence-electron chi connectivity index (χ1n) is 5.87. The molecule has 4 N–H and O–H groups in total. The monoisotopic (exact) mass is 285 g/mol. The molecule has 0 atom stereocenters. The lowest BCUT2D eigenvalue weighted by molar-refractivity contribution is -0.122. The molecule has 7 heteroatoms. The van der Waals surface area contributed by atoms with Crippen LogP contribution in [-0.4, -0.2) is 26.4 Å². The fourth-order valence-electron chi connectivity index (χ4n) is 1.48. The van der Waals surface area contributed by atoms with Crippen LogP contribution >= 0.6 is 0 Å². The predicted octanol–water partition coefficient (Wildman–Crippen LogP) is 0.661. The van der Waals surface area contributed by atoms with E-state index in [4.69, 9.17) is 5.73 Å². The van der Waals surface area contributed by atoms with Crippen molar-refractivity contribution in [1.29, 1.82) is 0 Å². The Hall–Kier alpha value is -1.60. The third-order valence-corrected chi connectivity index (χ3v) is 4.26. The molecule has 0 aromatic heterocycles. The van der Waals surface area contributed by atoms with Gasteiger partial charge in [0.1, 0.15) is 10.4 Å². The Morgan fingerprint density at radius 2 is 1.89 bits per heavy atom. The number of nitrogens with one attached hydrogen (secondary N) is 2. The van der Waals surface area contributed by atoms with E-state index in [1.54, 1.807) is 18.2 Å². The van der Waals surface area contributed by atoms with E-state index < -0.39 is 21.5 Å². The topological polar surface area (TPSA) is 101 Å². The third-order valence-electron chi connectivity index (χ3n) is 2.55. The van der Waals surface area contributed by atoms with Crippen LogP contribution in [0, 0.1) is 0 Å². The van der Waals surface area contributed by atoms with Gasteiger partial charge in [0.05, 0.1) is 5.69 Å². The normalized spacial score (nSPS) is 12.2. The Morgan fingerprint density at radius 3 is 2.42 bits per heavy atom. The number of anilines is 1. The molecule has 0 fully saturated rings. The number of sulfonamides is 1. The zero-order valence-electron chi connectivity index (χ0n) is 11.2. The largest absolute Gasteiger partial charge is 0.384 e. The quantitative estimate of drug-likeness (QED) is 0.714. The lowest BCUT2D eigenvalue weighted by Gasteiger charge is -2.23. The molecule has 0 aliphatic carbocycles. The highest BCUT2D eigenvalue weighted by atomic mass is 32.2. The standard InChI is InChI=1S/C12H19N3O3S/c1-4-14-9-7-5-6-8-10(9)19(17,18)15-12(2,3)11(13)16/h5-8,14-15H,4H2,1-3H3,(H2,13,16). The number of hydrogen-bond donors (Lipinski definition) is 3. The number of hydrogen-bond acceptors (Lipinski definition) is 4. The summed E-state index contributed by atoms with van der Waals surface area (Å²) in [5.41, 5.74) is 4.31. The molecule has 1 amide bonds. The van der Waals surface area contributed by atoms with Crippen molar-refractivity contribution < 1.29 is 13.2 Å². The van der Waals surface area contributed by atoms with Gasteiger partial charge in [-0.1, -0.05) is 12.1 Å². The Balaban J connectivity index is 3.18. The van der Waals surface area contributed by atoms with Gasteiger partial charge >= 0.3 is 0 Å². The SMILES string of the molecule is CCNc1ccccc1S(=O)(=O)NC(C)(C)C(N)=O. The van der Waals surface area contributed by atoms with Crippen molar-refractivity contribution in [1.82, 2.24) is 4.72 Å². The average molecular weight is 285 g/mol. The molecule has 0 aliphatic rings. The third kappa shape index (κ3) is 3.68. The number of primary amides is 1. The summed E-state index contributed by atoms with van der Waals surface area (Å²) in [6, 6.07) is 6.48. The van der Waals surface area contributed by atoms with Crippen molar-refractivity contribution in [3.05, 3.63) is 24.3 Å². The Kier molecular flexibility index (Phi) is 4.54. The second-order valence-corrected chi connectivity index (χ2v) is 6.27. The highest BCUT2D eigenvalue weighted by Crippen LogP contribution is 2.22. The molecule has 106 valence electrons. The minimum atomic E-state index is -3.83. The van der Waals surface area contributed by atoms with Crippen LogP contribution in [0.5, 0.6) is 0 Å². The zero-order chi connectivity index (χ0) is 14.7. The number of benzene rings is 1. The average Bonchev–Trinajstić information content (AvgIpc) is 2.28. The van der Waals surface area contributed by atoms with Crippen LogP contribution in [0.3, 0.4) is 0 Å². The van der Waals surface area contributed by atoms with Crippen LogP contribution in [0.2, 0.25) is 0 Å². The van der Waals surface area contributed by atoms with E-state index in [2.05, 4.69) is 10.0 Å². The summed E-state index contributed by atoms with van der Waals surface area (Å²) < 4.78 is 26.9. The molecule has 1 aromatic carbocycles. The summed E-state index contributed by atoms with van der Waals surface area (Å²) in [6.07, 6.45) is 0. The number of carbonyl (C=O) groups is 1. The molecule has 0 spiro atoms. The fraction of sp³-hybridized carbons (Fsp3) is 0.417. The Bertz CT molecular complexity index is 567. The maximum atomic E-state index is 12.3. The van der Waals surface area contributed by atoms with E-state index in [9.17, 15) is 13.2 Å². The number of para-hydroxylation sites is 1. The van der Waals surface area contributed by atoms with Gasteiger partial charge in [0, 0.05) is 6.54 Å². The van der Waals surface area contributed by atoms with E-state index in [0.717, 1.165) is 0 Å². The van der Waals surface area contributed by atoms with Crippen molar-refractivity contribution in [2.75, 3.05) is 11.9 Å². The van der Waals surface area contributed by atoms with Crippen LogP contribution in [0.4, 0.5) is 5.69 Å². The first-order chi connectivity index (χ1) is 8.70. The molecule has 0 saturated carbocycles. The molecule has 0 aliphatic heterocycles. The Morgan fingerprint density at radius 1 is 1.32 bits per heavy atom. The minimum absolute atomic E-state index is 0.0891. The van der Waals surface area contributed by atoms with Crippen LogP contribution in [0.1, 0.15) is 20.8 Å². The molecule has 0 heterocycles. The first kappa shape index (κ1) is 15.5. The van der Waals surface area contributed by atoms with E-state index in [0.29, 0.717) is 12.2 Å². The lowest BCUT2D eigenvalue weighted by atomic mass is 10.1. The van der Waals surface area contributed by atoms with Gasteiger partial charge in [-0.3, -0.25) is 4.79 Å². The van der Waals surface area contributed by atoms with E-state index in [1.165, 1.54) is 19.9 Å². The molecule has 0 unspecified atom stereocenters. The summed E-state index contributed by atoms with van der Waals surface area (Å²) in [7, 11) is -3.83. The van der Waals surface area contributed by atoms with Crippen LogP contribution in [0.25, 0.3) is 0 Å². The molecular formula is C12H19N3O3S. The van der Waals surface area contributed by atoms with Gasteiger partial charge in [-0.2, -0.15) is 4.72 Å². The van der Waals surface area contributed by atoms with E-state index in [-0.39, 0.29) is 4.90 Å². The Labute approximate surface area is 113 Å². The first-order valence-corrected chi connectivity index (χ1v) is 7.36. The molecule has 0 saturated heterocycles. The number of carbonyl (C=O) groups excluding carboxylic acids is 1. The maximum Gasteiger partial charge on any atom is 0.243 e. The molecule has 1 rings (SSSR count). The summed E-state index contributed by atoms with van der Waals surface area (Å²) in [5.74, 6) is -0.739. The van der Waals surface area contributed by atoms with Gasteiger partial charge in [0.25, 0.3) is 0 Å². The van der Waals surface area contributed by atoms with Crippen LogP contribution in [0.15, 0.2) is 29.2 Å². The number of amides is 1.